The van der Waals surface area contributed by atoms with Gasteiger partial charge in [-0.05, 0) is 25.7 Å². The third-order valence-corrected chi connectivity index (χ3v) is 4.76. The molecule has 2 fully saturated rings. The first-order valence-electron chi connectivity index (χ1n) is 7.79. The van der Waals surface area contributed by atoms with Crippen molar-refractivity contribution >= 4 is 5.91 Å². The summed E-state index contributed by atoms with van der Waals surface area (Å²) >= 11 is 0. The lowest BCUT2D eigenvalue weighted by Gasteiger charge is -2.40. The SMILES string of the molecule is COC1CCN(C(=O)C2CCCCCC2)C(CN)C1. The lowest BCUT2D eigenvalue weighted by Crippen LogP contribution is -2.52. The highest BCUT2D eigenvalue weighted by molar-refractivity contribution is 5.79. The molecule has 2 atom stereocenters. The Morgan fingerprint density at radius 2 is 1.89 bits per heavy atom. The average Bonchev–Trinajstić information content (AvgIpc) is 2.74. The Labute approximate surface area is 116 Å². The molecule has 0 aromatic heterocycles. The van der Waals surface area contributed by atoms with Crippen LogP contribution in [0, 0.1) is 5.92 Å². The summed E-state index contributed by atoms with van der Waals surface area (Å²) in [5.74, 6) is 0.600. The van der Waals surface area contributed by atoms with Crippen LogP contribution in [0.4, 0.5) is 0 Å². The summed E-state index contributed by atoms with van der Waals surface area (Å²) in [7, 11) is 1.75. The number of ether oxygens (including phenoxy) is 1. The van der Waals surface area contributed by atoms with E-state index in [4.69, 9.17) is 10.5 Å². The molecule has 2 aliphatic rings. The number of hydrogen-bond donors (Lipinski definition) is 1. The normalized spacial score (nSPS) is 30.1. The van der Waals surface area contributed by atoms with Gasteiger partial charge in [0.2, 0.25) is 5.91 Å². The predicted molar refractivity (Wildman–Crippen MR) is 75.8 cm³/mol. The van der Waals surface area contributed by atoms with E-state index < -0.39 is 0 Å². The van der Waals surface area contributed by atoms with E-state index in [0.29, 0.717) is 12.5 Å². The van der Waals surface area contributed by atoms with Crippen LogP contribution in [-0.4, -0.2) is 43.2 Å². The number of likely N-dealkylation sites (tertiary alicyclic amines) is 1. The van der Waals surface area contributed by atoms with Crippen LogP contribution >= 0.6 is 0 Å². The minimum Gasteiger partial charge on any atom is -0.381 e. The second kappa shape index (κ2) is 7.25. The van der Waals surface area contributed by atoms with Gasteiger partial charge in [-0.3, -0.25) is 4.79 Å². The Morgan fingerprint density at radius 3 is 2.47 bits per heavy atom. The Bertz CT molecular complexity index is 288. The third-order valence-electron chi connectivity index (χ3n) is 4.76. The van der Waals surface area contributed by atoms with Crippen molar-refractivity contribution in [1.29, 1.82) is 0 Å². The van der Waals surface area contributed by atoms with E-state index in [1.54, 1.807) is 7.11 Å². The summed E-state index contributed by atoms with van der Waals surface area (Å²) in [6.45, 7) is 1.37. The zero-order valence-electron chi connectivity index (χ0n) is 12.1. The fourth-order valence-corrected chi connectivity index (χ4v) is 3.50. The van der Waals surface area contributed by atoms with Crippen molar-refractivity contribution in [3.63, 3.8) is 0 Å². The first-order valence-corrected chi connectivity index (χ1v) is 7.79. The molecule has 1 amide bonds. The molecule has 0 aromatic carbocycles. The van der Waals surface area contributed by atoms with E-state index in [9.17, 15) is 4.79 Å². The summed E-state index contributed by atoms with van der Waals surface area (Å²) < 4.78 is 5.42. The highest BCUT2D eigenvalue weighted by atomic mass is 16.5. The van der Waals surface area contributed by atoms with Crippen LogP contribution in [0.2, 0.25) is 0 Å². The van der Waals surface area contributed by atoms with Gasteiger partial charge >= 0.3 is 0 Å². The standard InChI is InChI=1S/C15H28N2O2/c1-19-14-8-9-17(13(10-14)11-16)15(18)12-6-4-2-3-5-7-12/h12-14H,2-11,16H2,1H3. The van der Waals surface area contributed by atoms with Gasteiger partial charge in [-0.25, -0.2) is 0 Å². The van der Waals surface area contributed by atoms with Crippen LogP contribution in [0.1, 0.15) is 51.4 Å². The van der Waals surface area contributed by atoms with Gasteiger partial charge in [-0.1, -0.05) is 25.7 Å². The first-order chi connectivity index (χ1) is 9.26. The minimum atomic E-state index is 0.175. The number of hydrogen-bond acceptors (Lipinski definition) is 3. The molecule has 1 aliphatic heterocycles. The van der Waals surface area contributed by atoms with Crippen molar-refractivity contribution in [3.05, 3.63) is 0 Å². The van der Waals surface area contributed by atoms with E-state index in [0.717, 1.165) is 32.2 Å². The maximum Gasteiger partial charge on any atom is 0.225 e. The van der Waals surface area contributed by atoms with Gasteiger partial charge in [-0.2, -0.15) is 0 Å². The maximum atomic E-state index is 12.7. The van der Waals surface area contributed by atoms with Crippen LogP contribution in [0.5, 0.6) is 0 Å². The molecule has 2 rings (SSSR count). The van der Waals surface area contributed by atoms with Gasteiger partial charge in [0, 0.05) is 32.2 Å². The minimum absolute atomic E-state index is 0.175. The molecule has 0 bridgehead atoms. The van der Waals surface area contributed by atoms with Gasteiger partial charge < -0.3 is 15.4 Å². The number of amides is 1. The molecule has 1 heterocycles. The van der Waals surface area contributed by atoms with Gasteiger partial charge in [0.15, 0.2) is 0 Å². The van der Waals surface area contributed by atoms with Crippen molar-refractivity contribution in [2.45, 2.75) is 63.5 Å². The molecule has 2 unspecified atom stereocenters. The monoisotopic (exact) mass is 268 g/mol. The zero-order chi connectivity index (χ0) is 13.7. The van der Waals surface area contributed by atoms with Crippen molar-refractivity contribution in [1.82, 2.24) is 4.90 Å². The van der Waals surface area contributed by atoms with Crippen molar-refractivity contribution in [3.8, 4) is 0 Å². The van der Waals surface area contributed by atoms with E-state index >= 15 is 0 Å². The molecule has 1 saturated carbocycles. The smallest absolute Gasteiger partial charge is 0.225 e. The van der Waals surface area contributed by atoms with E-state index in [1.807, 2.05) is 4.90 Å². The van der Waals surface area contributed by atoms with E-state index in [1.165, 1.54) is 25.7 Å². The molecule has 2 N–H and O–H groups in total. The molecule has 0 spiro atoms. The number of piperidine rings is 1. The molecular weight excluding hydrogens is 240 g/mol. The van der Waals surface area contributed by atoms with Crippen molar-refractivity contribution in [2.75, 3.05) is 20.2 Å². The van der Waals surface area contributed by atoms with Crippen molar-refractivity contribution in [2.24, 2.45) is 11.7 Å². The maximum absolute atomic E-state index is 12.7. The molecule has 4 heteroatoms. The molecule has 0 aromatic rings. The molecule has 0 radical (unpaired) electrons. The van der Waals surface area contributed by atoms with Crippen LogP contribution < -0.4 is 5.73 Å². The highest BCUT2D eigenvalue weighted by Gasteiger charge is 2.34. The fourth-order valence-electron chi connectivity index (χ4n) is 3.50. The number of nitrogens with zero attached hydrogens (tertiary/aromatic N) is 1. The number of carbonyl (C=O) groups excluding carboxylic acids is 1. The molecular formula is C15H28N2O2. The van der Waals surface area contributed by atoms with Crippen LogP contribution in [-0.2, 0) is 9.53 Å². The summed E-state index contributed by atoms with van der Waals surface area (Å²) in [5, 5.41) is 0. The van der Waals surface area contributed by atoms with Gasteiger partial charge in [-0.15, -0.1) is 0 Å². The second-order valence-electron chi connectivity index (χ2n) is 5.99. The third kappa shape index (κ3) is 3.69. The van der Waals surface area contributed by atoms with E-state index in [2.05, 4.69) is 0 Å². The van der Waals surface area contributed by atoms with Gasteiger partial charge in [0.25, 0.3) is 0 Å². The lowest BCUT2D eigenvalue weighted by molar-refractivity contribution is -0.141. The molecule has 1 saturated heterocycles. The number of nitrogens with two attached hydrogens (primary N) is 1. The zero-order valence-corrected chi connectivity index (χ0v) is 12.1. The fraction of sp³-hybridized carbons (Fsp3) is 0.933. The topological polar surface area (TPSA) is 55.6 Å². The summed E-state index contributed by atoms with van der Waals surface area (Å²) in [5.41, 5.74) is 5.86. The average molecular weight is 268 g/mol. The molecule has 19 heavy (non-hydrogen) atoms. The van der Waals surface area contributed by atoms with Crippen LogP contribution in [0.3, 0.4) is 0 Å². The summed E-state index contributed by atoms with van der Waals surface area (Å²) in [6, 6.07) is 0.175. The summed E-state index contributed by atoms with van der Waals surface area (Å²) in [4.78, 5) is 14.7. The Balaban J connectivity index is 1.96. The van der Waals surface area contributed by atoms with Gasteiger partial charge in [0.1, 0.15) is 0 Å². The van der Waals surface area contributed by atoms with E-state index in [-0.39, 0.29) is 18.1 Å². The quantitative estimate of drug-likeness (QED) is 0.796. The first kappa shape index (κ1) is 14.8. The van der Waals surface area contributed by atoms with Crippen LogP contribution in [0.25, 0.3) is 0 Å². The molecule has 110 valence electrons. The summed E-state index contributed by atoms with van der Waals surface area (Å²) in [6.07, 6.45) is 9.24. The Hall–Kier alpha value is -0.610. The Kier molecular flexibility index (Phi) is 5.64. The largest absolute Gasteiger partial charge is 0.381 e. The number of carbonyl (C=O) groups is 1. The highest BCUT2D eigenvalue weighted by Crippen LogP contribution is 2.28. The van der Waals surface area contributed by atoms with Gasteiger partial charge in [0.05, 0.1) is 6.10 Å². The Morgan fingerprint density at radius 1 is 1.21 bits per heavy atom. The second-order valence-corrected chi connectivity index (χ2v) is 5.99. The number of methoxy groups -OCH3 is 1. The lowest BCUT2D eigenvalue weighted by atomic mass is 9.93. The van der Waals surface area contributed by atoms with Crippen LogP contribution in [0.15, 0.2) is 0 Å². The number of rotatable bonds is 3. The predicted octanol–water partition coefficient (Wildman–Crippen LogP) is 1.92. The molecule has 4 nitrogen and oxygen atoms in total. The van der Waals surface area contributed by atoms with Crippen molar-refractivity contribution < 1.29 is 9.53 Å². The molecule has 1 aliphatic carbocycles.